The smallest absolute Gasteiger partial charge is 0.412 e. The van der Waals surface area contributed by atoms with E-state index in [0.29, 0.717) is 10.5 Å². The van der Waals surface area contributed by atoms with Gasteiger partial charge < -0.3 is 5.02 Å². The fourth-order valence-electron chi connectivity index (χ4n) is 0.773. The Kier molecular flexibility index (Phi) is 2.59. The molecule has 0 radical (unpaired) electrons. The number of halogens is 1. The molecular formula is C8H6BClO. The molecule has 3 heteroatoms. The summed E-state index contributed by atoms with van der Waals surface area (Å²) in [5.41, 5.74) is 0.653. The summed E-state index contributed by atoms with van der Waals surface area (Å²) in [4.78, 5) is 0. The van der Waals surface area contributed by atoms with Gasteiger partial charge in [0.25, 0.3) is 0 Å². The third-order valence-corrected chi connectivity index (χ3v) is 1.56. The summed E-state index contributed by atoms with van der Waals surface area (Å²) >= 11 is 5.67. The van der Waals surface area contributed by atoms with Crippen molar-refractivity contribution in [1.29, 1.82) is 0 Å². The molecule has 0 aliphatic carbocycles. The average Bonchev–Trinajstić information content (AvgIpc) is 2.03. The second kappa shape index (κ2) is 3.48. The largest absolute Gasteiger partial charge is 0.436 e. The number of hydrogen-bond donors (Lipinski definition) is 1. The number of hydrogen-bond acceptors (Lipinski definition) is 1. The van der Waals surface area contributed by atoms with Gasteiger partial charge in [0.15, 0.2) is 0 Å². The van der Waals surface area contributed by atoms with Crippen molar-refractivity contribution >= 4 is 24.0 Å². The third-order valence-electron chi connectivity index (χ3n) is 1.32. The summed E-state index contributed by atoms with van der Waals surface area (Å²) in [5, 5.41) is 9.74. The van der Waals surface area contributed by atoms with Gasteiger partial charge >= 0.3 is 6.92 Å². The maximum atomic E-state index is 9.16. The van der Waals surface area contributed by atoms with Crippen molar-refractivity contribution in [3.05, 3.63) is 29.3 Å². The molecule has 0 saturated carbocycles. The van der Waals surface area contributed by atoms with Crippen LogP contribution in [0.4, 0.5) is 0 Å². The van der Waals surface area contributed by atoms with E-state index in [9.17, 15) is 0 Å². The number of rotatable bonds is 1. The van der Waals surface area contributed by atoms with Crippen LogP contribution >= 0.6 is 11.6 Å². The summed E-state index contributed by atoms with van der Waals surface area (Å²) in [6.07, 6.45) is 5.01. The zero-order valence-corrected chi connectivity index (χ0v) is 6.55. The first kappa shape index (κ1) is 8.19. The molecule has 0 unspecified atom stereocenters. The topological polar surface area (TPSA) is 20.2 Å². The van der Waals surface area contributed by atoms with Gasteiger partial charge in [-0.1, -0.05) is 23.7 Å². The normalized spacial score (nSPS) is 8.82. The highest BCUT2D eigenvalue weighted by Crippen LogP contribution is 2.03. The van der Waals surface area contributed by atoms with Crippen LogP contribution in [-0.4, -0.2) is 11.9 Å². The molecule has 0 bridgehead atoms. The van der Waals surface area contributed by atoms with Gasteiger partial charge in [-0.15, -0.1) is 12.2 Å². The summed E-state index contributed by atoms with van der Waals surface area (Å²) in [6.45, 7) is -0.853. The first-order valence-electron chi connectivity index (χ1n) is 3.13. The van der Waals surface area contributed by atoms with Crippen LogP contribution < -0.4 is 5.46 Å². The van der Waals surface area contributed by atoms with E-state index < -0.39 is 6.92 Å². The zero-order chi connectivity index (χ0) is 8.27. The van der Waals surface area contributed by atoms with Gasteiger partial charge in [-0.3, -0.25) is 0 Å². The average molecular weight is 164 g/mol. The molecule has 0 aliphatic rings. The zero-order valence-electron chi connectivity index (χ0n) is 5.79. The fraction of sp³-hybridized carbons (Fsp3) is 0. The summed E-state index contributed by atoms with van der Waals surface area (Å²) in [7, 11) is 0. The van der Waals surface area contributed by atoms with E-state index in [0.717, 1.165) is 0 Å². The lowest BCUT2D eigenvalue weighted by molar-refractivity contribution is 0.601. The van der Waals surface area contributed by atoms with Crippen LogP contribution in [0.2, 0.25) is 5.02 Å². The minimum absolute atomic E-state index is 0.580. The Labute approximate surface area is 71.1 Å². The molecule has 1 aromatic rings. The lowest BCUT2D eigenvalue weighted by atomic mass is 9.63. The van der Waals surface area contributed by atoms with Gasteiger partial charge in [-0.25, -0.2) is 0 Å². The van der Waals surface area contributed by atoms with Gasteiger partial charge in [-0.2, -0.15) is 0 Å². The predicted octanol–water partition coefficient (Wildman–Crippen LogP) is 0.703. The molecule has 54 valence electrons. The first-order valence-corrected chi connectivity index (χ1v) is 3.51. The molecule has 0 atom stereocenters. The van der Waals surface area contributed by atoms with Crippen LogP contribution in [0, 0.1) is 12.2 Å². The molecule has 1 rings (SSSR count). The summed E-state index contributed by atoms with van der Waals surface area (Å²) in [6, 6.07) is 6.86. The van der Waals surface area contributed by atoms with E-state index in [-0.39, 0.29) is 0 Å². The summed E-state index contributed by atoms with van der Waals surface area (Å²) < 4.78 is 0. The van der Waals surface area contributed by atoms with Crippen LogP contribution in [-0.2, 0) is 0 Å². The highest BCUT2D eigenvalue weighted by Gasteiger charge is 2.09. The Morgan fingerprint density at radius 1 is 1.55 bits per heavy atom. The van der Waals surface area contributed by atoms with E-state index in [1.54, 1.807) is 24.3 Å². The van der Waals surface area contributed by atoms with Gasteiger partial charge in [0, 0.05) is 5.02 Å². The Morgan fingerprint density at radius 3 is 2.82 bits per heavy atom. The van der Waals surface area contributed by atoms with Crippen LogP contribution in [0.3, 0.4) is 0 Å². The van der Waals surface area contributed by atoms with E-state index in [1.807, 2.05) is 0 Å². The van der Waals surface area contributed by atoms with Gasteiger partial charge in [0.1, 0.15) is 0 Å². The van der Waals surface area contributed by atoms with Crippen LogP contribution in [0.1, 0.15) is 0 Å². The quantitative estimate of drug-likeness (QED) is 0.479. The minimum Gasteiger partial charge on any atom is -0.436 e. The fourth-order valence-corrected chi connectivity index (χ4v) is 0.972. The van der Waals surface area contributed by atoms with Crippen molar-refractivity contribution in [3.8, 4) is 12.2 Å². The molecule has 1 N–H and O–H groups in total. The molecule has 0 spiro atoms. The first-order chi connectivity index (χ1) is 5.24. The SMILES string of the molecule is C#CB(O)c1cccc(Cl)c1. The lowest BCUT2D eigenvalue weighted by Gasteiger charge is -1.98. The Bertz CT molecular complexity index is 292. The van der Waals surface area contributed by atoms with Gasteiger partial charge in [0.05, 0.1) is 0 Å². The maximum Gasteiger partial charge on any atom is 0.412 e. The van der Waals surface area contributed by atoms with E-state index in [1.165, 1.54) is 0 Å². The second-order valence-corrected chi connectivity index (χ2v) is 2.56. The van der Waals surface area contributed by atoms with Crippen LogP contribution in [0.5, 0.6) is 0 Å². The minimum atomic E-state index is -0.853. The molecule has 1 aromatic carbocycles. The highest BCUT2D eigenvalue weighted by molar-refractivity contribution is 6.73. The Hall–Kier alpha value is -0.905. The van der Waals surface area contributed by atoms with Crippen molar-refractivity contribution in [2.75, 3.05) is 0 Å². The molecule has 0 heterocycles. The van der Waals surface area contributed by atoms with E-state index in [4.69, 9.17) is 23.0 Å². The lowest BCUT2D eigenvalue weighted by Crippen LogP contribution is -2.28. The molecule has 0 amide bonds. The molecule has 0 fully saturated rings. The Morgan fingerprint density at radius 2 is 2.27 bits per heavy atom. The number of benzene rings is 1. The van der Waals surface area contributed by atoms with Crippen molar-refractivity contribution in [3.63, 3.8) is 0 Å². The molecule has 0 aromatic heterocycles. The van der Waals surface area contributed by atoms with Crippen molar-refractivity contribution in [1.82, 2.24) is 0 Å². The molecule has 0 aliphatic heterocycles. The molecule has 11 heavy (non-hydrogen) atoms. The Balaban J connectivity index is 2.98. The van der Waals surface area contributed by atoms with E-state index >= 15 is 0 Å². The van der Waals surface area contributed by atoms with Gasteiger partial charge in [-0.05, 0) is 17.6 Å². The highest BCUT2D eigenvalue weighted by atomic mass is 35.5. The van der Waals surface area contributed by atoms with E-state index in [2.05, 4.69) is 5.82 Å². The van der Waals surface area contributed by atoms with Crippen LogP contribution in [0.15, 0.2) is 24.3 Å². The molecule has 0 saturated heterocycles. The van der Waals surface area contributed by atoms with Crippen LogP contribution in [0.25, 0.3) is 0 Å². The predicted molar refractivity (Wildman–Crippen MR) is 47.9 cm³/mol. The van der Waals surface area contributed by atoms with Crippen molar-refractivity contribution in [2.24, 2.45) is 0 Å². The van der Waals surface area contributed by atoms with Crippen molar-refractivity contribution in [2.45, 2.75) is 0 Å². The third kappa shape index (κ3) is 2.01. The number of terminal acetylenes is 1. The molecule has 1 nitrogen and oxygen atoms in total. The van der Waals surface area contributed by atoms with Gasteiger partial charge in [0.2, 0.25) is 0 Å². The monoisotopic (exact) mass is 164 g/mol. The summed E-state index contributed by atoms with van der Waals surface area (Å²) in [5.74, 6) is 2.21. The second-order valence-electron chi connectivity index (χ2n) is 2.12. The standard InChI is InChI=1S/C8H6BClO/c1-2-9(11)7-4-3-5-8(10)6-7/h1,3-6,11H. The maximum absolute atomic E-state index is 9.16. The van der Waals surface area contributed by atoms with Crippen molar-refractivity contribution < 1.29 is 5.02 Å². The molecular weight excluding hydrogens is 158 g/mol.